The number of carbonyl (C=O) groups is 2. The molecule has 2 amide bonds. The average Bonchev–Trinajstić information content (AvgIpc) is 2.65. The third-order valence-electron chi connectivity index (χ3n) is 3.55. The fraction of sp³-hybridized carbons (Fsp3) is 0.176. The highest BCUT2D eigenvalue weighted by molar-refractivity contribution is 7.99. The number of hydrogen-bond acceptors (Lipinski definition) is 6. The number of nitrogens with two attached hydrogens (primary N) is 1. The summed E-state index contributed by atoms with van der Waals surface area (Å²) in [5.74, 6) is 4.50. The largest absolute Gasteiger partial charge is 0.321 e. The van der Waals surface area contributed by atoms with Crippen molar-refractivity contribution in [3.8, 4) is 0 Å². The van der Waals surface area contributed by atoms with Crippen LogP contribution in [-0.2, 0) is 15.9 Å². The van der Waals surface area contributed by atoms with Crippen molar-refractivity contribution >= 4 is 51.0 Å². The fourth-order valence-corrected chi connectivity index (χ4v) is 4.29. The number of carbonyl (C=O) groups excluding carboxylic acids is 2. The molecule has 2 aromatic rings. The van der Waals surface area contributed by atoms with E-state index in [2.05, 4.69) is 5.32 Å². The van der Waals surface area contributed by atoms with Crippen molar-refractivity contribution in [2.75, 3.05) is 16.8 Å². The number of hydrogen-bond donors (Lipinski definition) is 4. The van der Waals surface area contributed by atoms with Gasteiger partial charge in [-0.25, -0.2) is 5.84 Å². The zero-order valence-corrected chi connectivity index (χ0v) is 16.9. The van der Waals surface area contributed by atoms with E-state index < -0.39 is 21.9 Å². The van der Waals surface area contributed by atoms with Crippen LogP contribution in [0.4, 0.5) is 5.69 Å². The van der Waals surface area contributed by atoms with E-state index in [1.54, 1.807) is 24.3 Å². The minimum atomic E-state index is -3.99. The van der Waals surface area contributed by atoms with Crippen molar-refractivity contribution in [3.05, 3.63) is 64.2 Å². The molecule has 0 unspecified atom stereocenters. The molecule has 0 radical (unpaired) electrons. The van der Waals surface area contributed by atoms with E-state index in [9.17, 15) is 18.0 Å². The summed E-state index contributed by atoms with van der Waals surface area (Å²) in [5.41, 5.74) is 3.55. The van der Waals surface area contributed by atoms with Gasteiger partial charge < -0.3 is 5.32 Å². The van der Waals surface area contributed by atoms with Crippen LogP contribution in [0.3, 0.4) is 0 Å². The topological polar surface area (TPSA) is 139 Å². The van der Waals surface area contributed by atoms with Gasteiger partial charge in [-0.3, -0.25) is 19.6 Å². The summed E-state index contributed by atoms with van der Waals surface area (Å²) in [7, 11) is -3.99. The second-order valence-corrected chi connectivity index (χ2v) is 8.77. The number of nitrogen functional groups attached to an aromatic ring is 1. The summed E-state index contributed by atoms with van der Waals surface area (Å²) in [6, 6.07) is 11.2. The Morgan fingerprint density at radius 3 is 2.57 bits per heavy atom. The standard InChI is InChI=1S/C17H18ClN3O5S2/c18-13-4-5-15(14(9-13)17(23)21-19)20-16(22)12-3-1-2-11(8-12)10-27-6-7-28(24,25)26/h1-5,8-9H,6-7,10,19H2,(H,20,22)(H,21,23)(H,24,25,26). The Morgan fingerprint density at radius 2 is 1.89 bits per heavy atom. The molecular formula is C17H18ClN3O5S2. The monoisotopic (exact) mass is 443 g/mol. The second kappa shape index (κ2) is 9.89. The normalized spacial score (nSPS) is 11.1. The van der Waals surface area contributed by atoms with Crippen molar-refractivity contribution in [1.82, 2.24) is 5.43 Å². The van der Waals surface area contributed by atoms with Crippen LogP contribution >= 0.6 is 23.4 Å². The van der Waals surface area contributed by atoms with E-state index in [1.165, 1.54) is 30.0 Å². The van der Waals surface area contributed by atoms with Crippen LogP contribution in [-0.4, -0.2) is 36.3 Å². The molecule has 0 spiro atoms. The third kappa shape index (κ3) is 6.80. The van der Waals surface area contributed by atoms with E-state index in [-0.39, 0.29) is 22.8 Å². The predicted molar refractivity (Wildman–Crippen MR) is 110 cm³/mol. The molecule has 0 aliphatic heterocycles. The fourth-order valence-electron chi connectivity index (χ4n) is 2.24. The van der Waals surface area contributed by atoms with Gasteiger partial charge in [0.2, 0.25) is 0 Å². The number of hydrazine groups is 1. The lowest BCUT2D eigenvalue weighted by molar-refractivity contribution is 0.0954. The minimum Gasteiger partial charge on any atom is -0.321 e. The molecule has 0 aromatic heterocycles. The molecule has 150 valence electrons. The quantitative estimate of drug-likeness (QED) is 0.161. The third-order valence-corrected chi connectivity index (χ3v) is 5.79. The lowest BCUT2D eigenvalue weighted by atomic mass is 10.1. The molecule has 0 aliphatic rings. The minimum absolute atomic E-state index is 0.125. The van der Waals surface area contributed by atoms with Gasteiger partial charge in [-0.15, -0.1) is 0 Å². The second-order valence-electron chi connectivity index (χ2n) is 5.66. The van der Waals surface area contributed by atoms with Gasteiger partial charge in [0.25, 0.3) is 21.9 Å². The molecule has 28 heavy (non-hydrogen) atoms. The molecule has 2 rings (SSSR count). The molecule has 8 nitrogen and oxygen atoms in total. The van der Waals surface area contributed by atoms with E-state index >= 15 is 0 Å². The summed E-state index contributed by atoms with van der Waals surface area (Å²) in [6.45, 7) is 0. The van der Waals surface area contributed by atoms with Crippen molar-refractivity contribution in [2.24, 2.45) is 5.84 Å². The van der Waals surface area contributed by atoms with Crippen LogP contribution in [0.1, 0.15) is 26.3 Å². The first kappa shape index (κ1) is 22.2. The van der Waals surface area contributed by atoms with Crippen molar-refractivity contribution in [1.29, 1.82) is 0 Å². The molecule has 0 bridgehead atoms. The van der Waals surface area contributed by atoms with Gasteiger partial charge in [0, 0.05) is 22.1 Å². The highest BCUT2D eigenvalue weighted by Crippen LogP contribution is 2.22. The summed E-state index contributed by atoms with van der Waals surface area (Å²) in [5, 5.41) is 2.97. The lowest BCUT2D eigenvalue weighted by Gasteiger charge is -2.11. The van der Waals surface area contributed by atoms with Crippen LogP contribution in [0.5, 0.6) is 0 Å². The number of thioether (sulfide) groups is 1. The van der Waals surface area contributed by atoms with E-state index in [1.807, 2.05) is 5.43 Å². The Kier molecular flexibility index (Phi) is 7.84. The summed E-state index contributed by atoms with van der Waals surface area (Å²) in [6.07, 6.45) is 0. The highest BCUT2D eigenvalue weighted by atomic mass is 35.5. The first-order valence-corrected chi connectivity index (χ1v) is 11.1. The maximum atomic E-state index is 12.5. The van der Waals surface area contributed by atoms with E-state index in [4.69, 9.17) is 22.0 Å². The van der Waals surface area contributed by atoms with Gasteiger partial charge in [-0.05, 0) is 35.9 Å². The number of benzene rings is 2. The molecule has 0 saturated carbocycles. The number of halogens is 1. The van der Waals surface area contributed by atoms with Gasteiger partial charge in [0.1, 0.15) is 0 Å². The molecule has 0 atom stereocenters. The number of nitrogens with one attached hydrogen (secondary N) is 2. The Hall–Kier alpha value is -2.11. The van der Waals surface area contributed by atoms with Crippen molar-refractivity contribution < 1.29 is 22.6 Å². The maximum absolute atomic E-state index is 12.5. The highest BCUT2D eigenvalue weighted by Gasteiger charge is 2.15. The molecule has 0 saturated heterocycles. The van der Waals surface area contributed by atoms with Crippen LogP contribution < -0.4 is 16.6 Å². The smallest absolute Gasteiger partial charge is 0.267 e. The van der Waals surface area contributed by atoms with Crippen LogP contribution in [0.15, 0.2) is 42.5 Å². The lowest BCUT2D eigenvalue weighted by Crippen LogP contribution is -2.31. The zero-order chi connectivity index (χ0) is 20.7. The summed E-state index contributed by atoms with van der Waals surface area (Å²) >= 11 is 7.21. The van der Waals surface area contributed by atoms with E-state index in [0.29, 0.717) is 16.3 Å². The van der Waals surface area contributed by atoms with Crippen LogP contribution in [0, 0.1) is 0 Å². The first-order chi connectivity index (χ1) is 13.2. The number of rotatable bonds is 8. The van der Waals surface area contributed by atoms with Gasteiger partial charge in [0.15, 0.2) is 0 Å². The van der Waals surface area contributed by atoms with Crippen molar-refractivity contribution in [2.45, 2.75) is 5.75 Å². The molecule has 2 aromatic carbocycles. The Bertz CT molecular complexity index is 983. The molecule has 0 heterocycles. The molecule has 5 N–H and O–H groups in total. The van der Waals surface area contributed by atoms with Gasteiger partial charge in [-0.1, -0.05) is 23.7 Å². The van der Waals surface area contributed by atoms with Gasteiger partial charge in [-0.2, -0.15) is 20.2 Å². The summed E-state index contributed by atoms with van der Waals surface area (Å²) in [4.78, 5) is 24.4. The van der Waals surface area contributed by atoms with Gasteiger partial charge in [0.05, 0.1) is 17.0 Å². The van der Waals surface area contributed by atoms with E-state index in [0.717, 1.165) is 5.56 Å². The SMILES string of the molecule is NNC(=O)c1cc(Cl)ccc1NC(=O)c1cccc(CSCCS(=O)(=O)O)c1. The predicted octanol–water partition coefficient (Wildman–Crippen LogP) is 2.32. The molecule has 0 fully saturated rings. The number of anilines is 1. The Morgan fingerprint density at radius 1 is 1.14 bits per heavy atom. The zero-order valence-electron chi connectivity index (χ0n) is 14.5. The van der Waals surface area contributed by atoms with Crippen molar-refractivity contribution in [3.63, 3.8) is 0 Å². The molecule has 0 aliphatic carbocycles. The molecule has 11 heteroatoms. The van der Waals surface area contributed by atoms with Crippen LogP contribution in [0.2, 0.25) is 5.02 Å². The van der Waals surface area contributed by atoms with Gasteiger partial charge >= 0.3 is 0 Å². The van der Waals surface area contributed by atoms with Crippen LogP contribution in [0.25, 0.3) is 0 Å². The Balaban J connectivity index is 2.08. The maximum Gasteiger partial charge on any atom is 0.267 e. The molecular weight excluding hydrogens is 426 g/mol. The number of amides is 2. The first-order valence-electron chi connectivity index (χ1n) is 7.93. The summed E-state index contributed by atoms with van der Waals surface area (Å²) < 4.78 is 30.2. The average molecular weight is 444 g/mol. The Labute approximate surface area is 171 Å².